The maximum atomic E-state index is 12.4. The minimum Gasteiger partial charge on any atom is -0.463 e. The minimum absolute atomic E-state index is 0.195. The van der Waals surface area contributed by atoms with Crippen LogP contribution < -0.4 is 16.2 Å². The van der Waals surface area contributed by atoms with E-state index in [9.17, 15) is 4.79 Å². The van der Waals surface area contributed by atoms with E-state index < -0.39 is 0 Å². The molecule has 1 aliphatic heterocycles. The molecule has 0 amide bonds. The molecule has 0 aliphatic carbocycles. The van der Waals surface area contributed by atoms with Crippen LogP contribution in [0, 0.1) is 5.92 Å². The molecule has 0 bridgehead atoms. The molecule has 3 N–H and O–H groups in total. The maximum absolute atomic E-state index is 12.4. The van der Waals surface area contributed by atoms with Crippen LogP contribution in [-0.2, 0) is 6.54 Å². The Morgan fingerprint density at radius 3 is 2.47 bits per heavy atom. The fraction of sp³-hybridized carbons (Fsp3) is 0.762. The van der Waals surface area contributed by atoms with Gasteiger partial charge in [0.05, 0.1) is 6.61 Å². The quantitative estimate of drug-likeness (QED) is 0.536. The number of rotatable bonds is 11. The van der Waals surface area contributed by atoms with E-state index in [0.717, 1.165) is 64.3 Å². The Morgan fingerprint density at radius 2 is 1.77 bits per heavy atom. The van der Waals surface area contributed by atoms with E-state index in [1.165, 1.54) is 6.54 Å². The minimum atomic E-state index is -0.195. The maximum Gasteiger partial charge on any atom is 0.327 e. The number of nitrogens with zero attached hydrogens (tertiary/aromatic N) is 5. The van der Waals surface area contributed by atoms with E-state index in [2.05, 4.69) is 45.5 Å². The highest BCUT2D eigenvalue weighted by Gasteiger charge is 2.18. The molecule has 1 fully saturated rings. The second kappa shape index (κ2) is 10.8. The standard InChI is InChI=1S/C21H37N7O2/c1-4-5-14-30-20-24-18(22)17-19(25-20)28(21(29)23-17)9-7-6-8-26-10-12-27(13-11-26)15-16(2)3/h16H,4-15H2,1-3H3,(H,23,29)(H2,22,24,25). The number of piperazine rings is 1. The van der Waals surface area contributed by atoms with Gasteiger partial charge in [-0.25, -0.2) is 4.79 Å². The third-order valence-corrected chi connectivity index (χ3v) is 5.55. The van der Waals surface area contributed by atoms with E-state index >= 15 is 0 Å². The highest BCUT2D eigenvalue weighted by Crippen LogP contribution is 2.18. The number of H-pyrrole nitrogens is 1. The lowest BCUT2D eigenvalue weighted by Crippen LogP contribution is -2.47. The Hall–Kier alpha value is -2.13. The number of fused-ring (bicyclic) bond motifs is 1. The third-order valence-electron chi connectivity index (χ3n) is 5.55. The summed E-state index contributed by atoms with van der Waals surface area (Å²) in [7, 11) is 0. The van der Waals surface area contributed by atoms with Crippen molar-refractivity contribution in [1.82, 2.24) is 29.3 Å². The molecule has 3 rings (SSSR count). The number of nitrogen functional groups attached to an aromatic ring is 1. The molecule has 0 radical (unpaired) electrons. The van der Waals surface area contributed by atoms with E-state index in [1.54, 1.807) is 4.57 Å². The van der Waals surface area contributed by atoms with Crippen molar-refractivity contribution in [2.24, 2.45) is 5.92 Å². The van der Waals surface area contributed by atoms with Crippen molar-refractivity contribution in [3.05, 3.63) is 10.5 Å². The van der Waals surface area contributed by atoms with Crippen LogP contribution in [0.5, 0.6) is 6.01 Å². The number of hydrogen-bond acceptors (Lipinski definition) is 7. The van der Waals surface area contributed by atoms with Gasteiger partial charge in [-0.2, -0.15) is 9.97 Å². The fourth-order valence-corrected chi connectivity index (χ4v) is 3.93. The van der Waals surface area contributed by atoms with Gasteiger partial charge in [-0.3, -0.25) is 4.57 Å². The van der Waals surface area contributed by atoms with Crippen LogP contribution in [0.2, 0.25) is 0 Å². The van der Waals surface area contributed by atoms with E-state index in [0.29, 0.717) is 24.3 Å². The summed E-state index contributed by atoms with van der Waals surface area (Å²) in [6, 6.07) is 0.237. The Morgan fingerprint density at radius 1 is 1.07 bits per heavy atom. The first-order valence-electron chi connectivity index (χ1n) is 11.3. The summed E-state index contributed by atoms with van der Waals surface area (Å²) in [4.78, 5) is 28.9. The van der Waals surface area contributed by atoms with E-state index in [-0.39, 0.29) is 17.5 Å². The summed E-state index contributed by atoms with van der Waals surface area (Å²) in [5.74, 6) is 0.975. The van der Waals surface area contributed by atoms with Crippen molar-refractivity contribution >= 4 is 17.0 Å². The molecule has 0 saturated carbocycles. The average Bonchev–Trinajstić information content (AvgIpc) is 3.02. The summed E-state index contributed by atoms with van der Waals surface area (Å²) in [5.41, 5.74) is 6.84. The molecule has 0 aromatic carbocycles. The van der Waals surface area contributed by atoms with Gasteiger partial charge in [-0.15, -0.1) is 0 Å². The summed E-state index contributed by atoms with van der Waals surface area (Å²) < 4.78 is 7.25. The van der Waals surface area contributed by atoms with Gasteiger partial charge in [0.25, 0.3) is 0 Å². The summed E-state index contributed by atoms with van der Waals surface area (Å²) >= 11 is 0. The molecule has 0 atom stereocenters. The van der Waals surface area contributed by atoms with Gasteiger partial charge in [0, 0.05) is 39.3 Å². The zero-order valence-electron chi connectivity index (χ0n) is 18.7. The SMILES string of the molecule is CCCCOc1nc(N)c2[nH]c(=O)n(CCCCN3CCN(CC(C)C)CC3)c2n1. The molecule has 2 aromatic rings. The van der Waals surface area contributed by atoms with Crippen molar-refractivity contribution in [2.75, 3.05) is 51.6 Å². The van der Waals surface area contributed by atoms with Crippen LogP contribution >= 0.6 is 0 Å². The predicted molar refractivity (Wildman–Crippen MR) is 120 cm³/mol. The summed E-state index contributed by atoms with van der Waals surface area (Å²) in [6.07, 6.45) is 3.91. The highest BCUT2D eigenvalue weighted by atomic mass is 16.5. The molecule has 9 heteroatoms. The van der Waals surface area contributed by atoms with Gasteiger partial charge in [-0.1, -0.05) is 27.2 Å². The molecule has 0 unspecified atom stereocenters. The normalized spacial score (nSPS) is 16.0. The molecule has 30 heavy (non-hydrogen) atoms. The zero-order valence-corrected chi connectivity index (χ0v) is 18.7. The molecule has 168 valence electrons. The highest BCUT2D eigenvalue weighted by molar-refractivity contribution is 5.81. The first kappa shape index (κ1) is 22.6. The number of aromatic amines is 1. The Labute approximate surface area is 178 Å². The number of imidazole rings is 1. The van der Waals surface area contributed by atoms with E-state index in [1.807, 2.05) is 0 Å². The monoisotopic (exact) mass is 419 g/mol. The lowest BCUT2D eigenvalue weighted by Gasteiger charge is -2.35. The molecule has 2 aromatic heterocycles. The lowest BCUT2D eigenvalue weighted by atomic mass is 10.2. The van der Waals surface area contributed by atoms with Gasteiger partial charge in [0.1, 0.15) is 5.52 Å². The molecule has 1 saturated heterocycles. The summed E-state index contributed by atoms with van der Waals surface area (Å²) in [5, 5.41) is 0. The van der Waals surface area contributed by atoms with Crippen molar-refractivity contribution in [3.63, 3.8) is 0 Å². The number of aromatic nitrogens is 4. The van der Waals surface area contributed by atoms with Crippen molar-refractivity contribution in [2.45, 2.75) is 53.0 Å². The number of anilines is 1. The van der Waals surface area contributed by atoms with Crippen LogP contribution in [-0.4, -0.2) is 75.2 Å². The van der Waals surface area contributed by atoms with Crippen LogP contribution in [0.4, 0.5) is 5.82 Å². The first-order chi connectivity index (χ1) is 14.5. The lowest BCUT2D eigenvalue weighted by molar-refractivity contribution is 0.120. The fourth-order valence-electron chi connectivity index (χ4n) is 3.93. The number of nitrogens with two attached hydrogens (primary N) is 1. The van der Waals surface area contributed by atoms with Gasteiger partial charge >= 0.3 is 11.7 Å². The van der Waals surface area contributed by atoms with Crippen molar-refractivity contribution in [3.8, 4) is 6.01 Å². The number of nitrogens with one attached hydrogen (secondary N) is 1. The number of hydrogen-bond donors (Lipinski definition) is 2. The molecular formula is C21H37N7O2. The second-order valence-corrected chi connectivity index (χ2v) is 8.62. The molecular weight excluding hydrogens is 382 g/mol. The van der Waals surface area contributed by atoms with Gasteiger partial charge in [-0.05, 0) is 31.7 Å². The number of aryl methyl sites for hydroxylation is 1. The molecule has 1 aliphatic rings. The average molecular weight is 420 g/mol. The van der Waals surface area contributed by atoms with Crippen molar-refractivity contribution < 1.29 is 4.74 Å². The third kappa shape index (κ3) is 5.95. The topological polar surface area (TPSA) is 105 Å². The molecule has 0 spiro atoms. The predicted octanol–water partition coefficient (Wildman–Crippen LogP) is 1.93. The number of unbranched alkanes of at least 4 members (excludes halogenated alkanes) is 2. The Kier molecular flexibility index (Phi) is 8.09. The van der Waals surface area contributed by atoms with Crippen LogP contribution in [0.15, 0.2) is 4.79 Å². The molecule has 3 heterocycles. The van der Waals surface area contributed by atoms with E-state index in [4.69, 9.17) is 10.5 Å². The van der Waals surface area contributed by atoms with Crippen LogP contribution in [0.25, 0.3) is 11.2 Å². The van der Waals surface area contributed by atoms with Crippen LogP contribution in [0.3, 0.4) is 0 Å². The summed E-state index contributed by atoms with van der Waals surface area (Å²) in [6.45, 7) is 14.6. The van der Waals surface area contributed by atoms with Gasteiger partial charge in [0.2, 0.25) is 0 Å². The number of ether oxygens (including phenoxy) is 1. The van der Waals surface area contributed by atoms with Crippen LogP contribution in [0.1, 0.15) is 46.5 Å². The van der Waals surface area contributed by atoms with Gasteiger partial charge < -0.3 is 25.3 Å². The zero-order chi connectivity index (χ0) is 21.5. The largest absolute Gasteiger partial charge is 0.463 e. The van der Waals surface area contributed by atoms with Crippen molar-refractivity contribution in [1.29, 1.82) is 0 Å². The first-order valence-corrected chi connectivity index (χ1v) is 11.3. The second-order valence-electron chi connectivity index (χ2n) is 8.62. The molecule has 9 nitrogen and oxygen atoms in total. The smallest absolute Gasteiger partial charge is 0.327 e. The Bertz CT molecular complexity index is 853. The Balaban J connectivity index is 1.52. The van der Waals surface area contributed by atoms with Gasteiger partial charge in [0.15, 0.2) is 11.5 Å².